The van der Waals surface area contributed by atoms with Gasteiger partial charge < -0.3 is 15.7 Å². The molecule has 3 atom stereocenters. The van der Waals surface area contributed by atoms with E-state index in [4.69, 9.17) is 5.73 Å². The van der Waals surface area contributed by atoms with Crippen LogP contribution in [0.1, 0.15) is 40.0 Å². The molecular formula is C15H26N3O5P. The first-order chi connectivity index (χ1) is 11.1. The first kappa shape index (κ1) is 18.9. The summed E-state index contributed by atoms with van der Waals surface area (Å²) < 4.78 is 14.2. The Hall–Kier alpha value is -1.40. The molecule has 0 aromatic rings. The lowest BCUT2D eigenvalue weighted by Gasteiger charge is -2.23. The molecule has 2 rings (SSSR count). The van der Waals surface area contributed by atoms with Crippen LogP contribution < -0.4 is 5.73 Å². The van der Waals surface area contributed by atoms with E-state index in [0.717, 1.165) is 4.67 Å². The molecule has 0 spiro atoms. The molecule has 2 fully saturated rings. The standard InChI is InChI=1S/C15H26N3O5P/c1-10(2)6-8-24(23)15(3,14(21)22)18(24)13(20)11-5-4-7-17(11)12(19)9-16/h10-11H,4-9,16H2,1-3H3,(H,21,22)/t11-,15+,18?,24?/m0/s1. The van der Waals surface area contributed by atoms with Gasteiger partial charge in [-0.25, -0.2) is 4.79 Å². The van der Waals surface area contributed by atoms with Crippen LogP contribution in [0.15, 0.2) is 0 Å². The second kappa shape index (κ2) is 6.48. The highest BCUT2D eigenvalue weighted by atomic mass is 31.2. The lowest BCUT2D eigenvalue weighted by atomic mass is 10.2. The number of rotatable bonds is 6. The first-order valence-electron chi connectivity index (χ1n) is 8.28. The van der Waals surface area contributed by atoms with Crippen molar-refractivity contribution in [3.8, 4) is 0 Å². The summed E-state index contributed by atoms with van der Waals surface area (Å²) in [6.45, 7) is 5.47. The number of carboxylic acids is 1. The molecule has 8 nitrogen and oxygen atoms in total. The van der Waals surface area contributed by atoms with Crippen molar-refractivity contribution in [3.05, 3.63) is 0 Å². The largest absolute Gasteiger partial charge is 0.479 e. The molecule has 0 radical (unpaired) electrons. The zero-order chi connectivity index (χ0) is 18.3. The van der Waals surface area contributed by atoms with Gasteiger partial charge in [-0.15, -0.1) is 0 Å². The minimum Gasteiger partial charge on any atom is -0.479 e. The van der Waals surface area contributed by atoms with Crippen molar-refractivity contribution >= 4 is 25.1 Å². The average molecular weight is 359 g/mol. The van der Waals surface area contributed by atoms with Crippen LogP contribution in [-0.4, -0.2) is 63.0 Å². The van der Waals surface area contributed by atoms with Crippen LogP contribution >= 0.6 is 7.29 Å². The third-order valence-electron chi connectivity index (χ3n) is 5.03. The van der Waals surface area contributed by atoms with Crippen LogP contribution in [0.25, 0.3) is 0 Å². The van der Waals surface area contributed by atoms with Crippen LogP contribution in [0, 0.1) is 5.92 Å². The van der Waals surface area contributed by atoms with E-state index in [1.54, 1.807) is 0 Å². The molecule has 0 aromatic heterocycles. The maximum absolute atomic E-state index is 13.2. The summed E-state index contributed by atoms with van der Waals surface area (Å²) in [4.78, 5) is 37.8. The topological polar surface area (TPSA) is 121 Å². The molecule has 3 N–H and O–H groups in total. The van der Waals surface area contributed by atoms with Gasteiger partial charge in [0.1, 0.15) is 6.04 Å². The summed E-state index contributed by atoms with van der Waals surface area (Å²) >= 11 is 0. The number of hydrogen-bond acceptors (Lipinski definition) is 5. The first-order valence-corrected chi connectivity index (χ1v) is 10.1. The molecule has 0 saturated carbocycles. The Labute approximate surface area is 141 Å². The van der Waals surface area contributed by atoms with Gasteiger partial charge in [0.25, 0.3) is 5.91 Å². The number of carbonyl (C=O) groups excluding carboxylic acids is 2. The summed E-state index contributed by atoms with van der Waals surface area (Å²) in [5, 5.41) is 7.88. The van der Waals surface area contributed by atoms with Crippen molar-refractivity contribution in [2.45, 2.75) is 51.4 Å². The van der Waals surface area contributed by atoms with Gasteiger partial charge >= 0.3 is 5.97 Å². The van der Waals surface area contributed by atoms with Crippen molar-refractivity contribution in [1.29, 1.82) is 0 Å². The molecule has 2 aliphatic heterocycles. The van der Waals surface area contributed by atoms with Gasteiger partial charge in [0.2, 0.25) is 18.5 Å². The van der Waals surface area contributed by atoms with E-state index in [-0.39, 0.29) is 24.5 Å². The van der Waals surface area contributed by atoms with Crippen LogP contribution in [0.4, 0.5) is 0 Å². The normalized spacial score (nSPS) is 32.3. The minimum atomic E-state index is -3.32. The zero-order valence-electron chi connectivity index (χ0n) is 14.4. The van der Waals surface area contributed by atoms with Crippen molar-refractivity contribution in [1.82, 2.24) is 9.57 Å². The highest BCUT2D eigenvalue weighted by Crippen LogP contribution is 2.80. The quantitative estimate of drug-likeness (QED) is 0.537. The lowest BCUT2D eigenvalue weighted by Crippen LogP contribution is -2.46. The number of carboxylic acid groups (broad SMARTS) is 1. The Morgan fingerprint density at radius 3 is 2.50 bits per heavy atom. The zero-order valence-corrected chi connectivity index (χ0v) is 15.3. The number of carbonyl (C=O) groups is 3. The Morgan fingerprint density at radius 2 is 2.00 bits per heavy atom. The molecule has 2 saturated heterocycles. The number of likely N-dealkylation sites (tertiary alicyclic amines) is 1. The Balaban J connectivity index is 2.25. The summed E-state index contributed by atoms with van der Waals surface area (Å²) in [5.74, 6) is -1.86. The summed E-state index contributed by atoms with van der Waals surface area (Å²) in [6.07, 6.45) is 1.87. The Morgan fingerprint density at radius 1 is 1.38 bits per heavy atom. The average Bonchev–Trinajstić information content (AvgIpc) is 2.87. The molecule has 2 heterocycles. The SMILES string of the molecule is CC(C)CCP1(=O)N(C(=O)[C@@H]2CCCN2C(=O)CN)[C@@]1(C)C(=O)O. The third-order valence-corrected chi connectivity index (χ3v) is 8.70. The second-order valence-corrected chi connectivity index (χ2v) is 10.2. The van der Waals surface area contributed by atoms with E-state index in [2.05, 4.69) is 0 Å². The van der Waals surface area contributed by atoms with Gasteiger partial charge in [0, 0.05) is 12.7 Å². The van der Waals surface area contributed by atoms with Crippen LogP contribution in [0.5, 0.6) is 0 Å². The Bertz CT molecular complexity index is 608. The molecule has 136 valence electrons. The van der Waals surface area contributed by atoms with Crippen molar-refractivity contribution in [2.75, 3.05) is 19.3 Å². The van der Waals surface area contributed by atoms with E-state index in [9.17, 15) is 24.1 Å². The summed E-state index contributed by atoms with van der Waals surface area (Å²) in [7, 11) is -3.32. The maximum Gasteiger partial charge on any atom is 0.339 e. The third kappa shape index (κ3) is 2.75. The smallest absolute Gasteiger partial charge is 0.339 e. The molecule has 2 aliphatic rings. The summed E-state index contributed by atoms with van der Waals surface area (Å²) in [6, 6.07) is -0.755. The van der Waals surface area contributed by atoms with Gasteiger partial charge in [0.15, 0.2) is 0 Å². The maximum atomic E-state index is 13.2. The molecule has 9 heteroatoms. The fourth-order valence-electron chi connectivity index (χ4n) is 3.39. The highest BCUT2D eigenvalue weighted by Gasteiger charge is 2.77. The van der Waals surface area contributed by atoms with Gasteiger partial charge in [0.05, 0.1) is 6.54 Å². The number of nitrogens with zero attached hydrogens (tertiary/aromatic N) is 2. The predicted octanol–water partition coefficient (Wildman–Crippen LogP) is 0.903. The molecular weight excluding hydrogens is 333 g/mol. The second-order valence-electron chi connectivity index (χ2n) is 7.03. The van der Waals surface area contributed by atoms with Crippen LogP contribution in [0.2, 0.25) is 0 Å². The van der Waals surface area contributed by atoms with Crippen LogP contribution in [-0.2, 0) is 18.9 Å². The van der Waals surface area contributed by atoms with E-state index < -0.39 is 30.5 Å². The van der Waals surface area contributed by atoms with E-state index in [1.807, 2.05) is 13.8 Å². The monoisotopic (exact) mass is 359 g/mol. The van der Waals surface area contributed by atoms with Crippen LogP contribution in [0.3, 0.4) is 0 Å². The van der Waals surface area contributed by atoms with Crippen molar-refractivity contribution in [3.63, 3.8) is 0 Å². The predicted molar refractivity (Wildman–Crippen MR) is 88.6 cm³/mol. The van der Waals surface area contributed by atoms with Gasteiger partial charge in [-0.05, 0) is 32.1 Å². The van der Waals surface area contributed by atoms with Gasteiger partial charge in [-0.1, -0.05) is 13.8 Å². The van der Waals surface area contributed by atoms with E-state index in [1.165, 1.54) is 11.8 Å². The van der Waals surface area contributed by atoms with Gasteiger partial charge in [-0.3, -0.25) is 18.8 Å². The number of nitrogens with two attached hydrogens (primary N) is 1. The van der Waals surface area contributed by atoms with E-state index >= 15 is 0 Å². The minimum absolute atomic E-state index is 0.191. The van der Waals surface area contributed by atoms with Crippen molar-refractivity contribution in [2.24, 2.45) is 11.7 Å². The molecule has 2 amide bonds. The fraction of sp³-hybridized carbons (Fsp3) is 0.800. The summed E-state index contributed by atoms with van der Waals surface area (Å²) in [5.41, 5.74) is 5.38. The van der Waals surface area contributed by atoms with Crippen molar-refractivity contribution < 1.29 is 24.1 Å². The molecule has 0 bridgehead atoms. The highest BCUT2D eigenvalue weighted by molar-refractivity contribution is 7.72. The molecule has 0 aromatic carbocycles. The Kier molecular flexibility index (Phi) is 5.11. The number of hydrogen-bond donors (Lipinski definition) is 2. The fourth-order valence-corrected chi connectivity index (χ4v) is 7.02. The molecule has 1 unspecified atom stereocenters. The number of amides is 2. The molecule has 24 heavy (non-hydrogen) atoms. The molecule has 0 aliphatic carbocycles. The van der Waals surface area contributed by atoms with Gasteiger partial charge in [-0.2, -0.15) is 0 Å². The van der Waals surface area contributed by atoms with E-state index in [0.29, 0.717) is 25.8 Å². The lowest BCUT2D eigenvalue weighted by molar-refractivity contribution is -0.146. The number of aliphatic carboxylic acids is 1.